The lowest BCUT2D eigenvalue weighted by Gasteiger charge is -2.32. The molecule has 1 aliphatic rings. The highest BCUT2D eigenvalue weighted by Crippen LogP contribution is 1.98. The molecule has 5 nitrogen and oxygen atoms in total. The molecule has 0 atom stereocenters. The summed E-state index contributed by atoms with van der Waals surface area (Å²) in [6.07, 6.45) is 0. The third-order valence-electron chi connectivity index (χ3n) is 3.77. The molecular formula is C15H36N4O. The van der Waals surface area contributed by atoms with E-state index in [1.54, 1.807) is 0 Å². The van der Waals surface area contributed by atoms with Crippen LogP contribution in [0.15, 0.2) is 0 Å². The Bertz CT molecular complexity index is 202. The van der Waals surface area contributed by atoms with E-state index < -0.39 is 0 Å². The zero-order valence-electron chi connectivity index (χ0n) is 14.3. The minimum Gasteiger partial charge on any atom is -0.395 e. The van der Waals surface area contributed by atoms with Gasteiger partial charge in [0.2, 0.25) is 0 Å². The molecule has 0 radical (unpaired) electrons. The van der Waals surface area contributed by atoms with E-state index in [1.807, 2.05) is 0 Å². The fourth-order valence-electron chi connectivity index (χ4n) is 2.09. The molecule has 1 fully saturated rings. The minimum absolute atomic E-state index is 0.279. The largest absolute Gasteiger partial charge is 0.395 e. The summed E-state index contributed by atoms with van der Waals surface area (Å²) in [6.45, 7) is 14.7. The summed E-state index contributed by atoms with van der Waals surface area (Å²) in [5, 5.41) is 8.46. The van der Waals surface area contributed by atoms with Gasteiger partial charge in [-0.15, -0.1) is 0 Å². The summed E-state index contributed by atoms with van der Waals surface area (Å²) < 4.78 is 0. The van der Waals surface area contributed by atoms with Crippen molar-refractivity contribution in [2.24, 2.45) is 0 Å². The lowest BCUT2D eigenvalue weighted by molar-refractivity contribution is 0.145. The van der Waals surface area contributed by atoms with Gasteiger partial charge in [0.05, 0.1) is 6.61 Å². The van der Waals surface area contributed by atoms with E-state index in [1.165, 1.54) is 39.3 Å². The molecule has 0 bridgehead atoms. The fourth-order valence-corrected chi connectivity index (χ4v) is 2.09. The smallest absolute Gasteiger partial charge is 0.0558 e. The molecule has 0 spiro atoms. The van der Waals surface area contributed by atoms with Gasteiger partial charge in [-0.2, -0.15) is 0 Å². The second kappa shape index (κ2) is 12.5. The zero-order chi connectivity index (χ0) is 15.4. The monoisotopic (exact) mass is 288 g/mol. The number of hydrogen-bond acceptors (Lipinski definition) is 5. The highest BCUT2D eigenvalue weighted by atomic mass is 16.3. The Hall–Kier alpha value is -0.200. The Morgan fingerprint density at radius 3 is 1.85 bits per heavy atom. The Morgan fingerprint density at radius 1 is 0.950 bits per heavy atom. The second-order valence-corrected chi connectivity index (χ2v) is 5.70. The van der Waals surface area contributed by atoms with E-state index in [-0.39, 0.29) is 6.61 Å². The Kier molecular flexibility index (Phi) is 12.4. The van der Waals surface area contributed by atoms with Crippen molar-refractivity contribution in [3.63, 3.8) is 0 Å². The first-order valence-electron chi connectivity index (χ1n) is 7.92. The molecule has 1 aliphatic heterocycles. The summed E-state index contributed by atoms with van der Waals surface area (Å²) >= 11 is 0. The molecule has 1 saturated heterocycles. The van der Waals surface area contributed by atoms with E-state index in [4.69, 9.17) is 5.11 Å². The molecule has 1 N–H and O–H groups in total. The standard InChI is InChI=1S/C9H21N3.C6H15NO/c1-10(2)4-7-12-8-5-11(3)6-9-12;1-3-7(4-2)5-6-8/h4-9H2,1-3H3;8H,3-6H2,1-2H3. The molecule has 0 saturated carbocycles. The van der Waals surface area contributed by atoms with Gasteiger partial charge in [-0.1, -0.05) is 13.8 Å². The maximum atomic E-state index is 8.46. The van der Waals surface area contributed by atoms with Crippen LogP contribution in [0.2, 0.25) is 0 Å². The van der Waals surface area contributed by atoms with Crippen LogP contribution in [-0.4, -0.2) is 111 Å². The number of rotatable bonds is 7. The lowest BCUT2D eigenvalue weighted by Crippen LogP contribution is -2.46. The van der Waals surface area contributed by atoms with Crippen molar-refractivity contribution in [3.8, 4) is 0 Å². The summed E-state index contributed by atoms with van der Waals surface area (Å²) in [6, 6.07) is 0. The van der Waals surface area contributed by atoms with E-state index in [2.05, 4.69) is 54.6 Å². The predicted molar refractivity (Wildman–Crippen MR) is 87.4 cm³/mol. The summed E-state index contributed by atoms with van der Waals surface area (Å²) in [5.74, 6) is 0. The highest BCUT2D eigenvalue weighted by Gasteiger charge is 2.12. The third kappa shape index (κ3) is 10.6. The fraction of sp³-hybridized carbons (Fsp3) is 1.00. The Labute approximate surface area is 126 Å². The van der Waals surface area contributed by atoms with E-state index >= 15 is 0 Å². The highest BCUT2D eigenvalue weighted by molar-refractivity contribution is 4.69. The van der Waals surface area contributed by atoms with Gasteiger partial charge >= 0.3 is 0 Å². The number of aliphatic hydroxyl groups is 1. The van der Waals surface area contributed by atoms with Gasteiger partial charge < -0.3 is 19.8 Å². The topological polar surface area (TPSA) is 33.2 Å². The van der Waals surface area contributed by atoms with E-state index in [9.17, 15) is 0 Å². The van der Waals surface area contributed by atoms with Crippen molar-refractivity contribution in [2.45, 2.75) is 13.8 Å². The van der Waals surface area contributed by atoms with Crippen molar-refractivity contribution in [2.75, 3.05) is 86.7 Å². The van der Waals surface area contributed by atoms with Gasteiger partial charge in [0, 0.05) is 45.8 Å². The molecule has 0 aromatic rings. The molecule has 0 unspecified atom stereocenters. The average molecular weight is 288 g/mol. The maximum absolute atomic E-state index is 8.46. The molecule has 0 amide bonds. The number of aliphatic hydroxyl groups excluding tert-OH is 1. The van der Waals surface area contributed by atoms with Crippen molar-refractivity contribution < 1.29 is 5.11 Å². The lowest BCUT2D eigenvalue weighted by atomic mass is 10.3. The summed E-state index contributed by atoms with van der Waals surface area (Å²) in [5.41, 5.74) is 0. The maximum Gasteiger partial charge on any atom is 0.0558 e. The summed E-state index contributed by atoms with van der Waals surface area (Å²) in [7, 11) is 6.47. The normalized spacial score (nSPS) is 17.4. The van der Waals surface area contributed by atoms with E-state index in [0.29, 0.717) is 0 Å². The van der Waals surface area contributed by atoms with Crippen LogP contribution in [-0.2, 0) is 0 Å². The molecule has 0 aliphatic carbocycles. The van der Waals surface area contributed by atoms with Gasteiger partial charge in [-0.25, -0.2) is 0 Å². The second-order valence-electron chi connectivity index (χ2n) is 5.70. The van der Waals surface area contributed by atoms with Crippen LogP contribution in [0.5, 0.6) is 0 Å². The number of piperazine rings is 1. The molecule has 0 aromatic carbocycles. The molecule has 20 heavy (non-hydrogen) atoms. The van der Waals surface area contributed by atoms with Crippen LogP contribution in [0.3, 0.4) is 0 Å². The Morgan fingerprint density at radius 2 is 1.50 bits per heavy atom. The quantitative estimate of drug-likeness (QED) is 0.719. The van der Waals surface area contributed by atoms with Gasteiger partial charge in [-0.3, -0.25) is 4.90 Å². The number of nitrogens with zero attached hydrogens (tertiary/aromatic N) is 4. The van der Waals surface area contributed by atoms with Crippen LogP contribution in [0.1, 0.15) is 13.8 Å². The van der Waals surface area contributed by atoms with Gasteiger partial charge in [0.15, 0.2) is 0 Å². The van der Waals surface area contributed by atoms with Gasteiger partial charge in [0.1, 0.15) is 0 Å². The van der Waals surface area contributed by atoms with Crippen LogP contribution >= 0.6 is 0 Å². The number of likely N-dealkylation sites (N-methyl/N-ethyl adjacent to an activating group) is 3. The summed E-state index contributed by atoms with van der Waals surface area (Å²) in [4.78, 5) is 9.37. The SMILES string of the molecule is CCN(CC)CCO.CN(C)CCN1CCN(C)CC1. The molecule has 122 valence electrons. The van der Waals surface area contributed by atoms with Gasteiger partial charge in [-0.05, 0) is 34.2 Å². The van der Waals surface area contributed by atoms with Crippen LogP contribution in [0.25, 0.3) is 0 Å². The van der Waals surface area contributed by atoms with Crippen molar-refractivity contribution >= 4 is 0 Å². The van der Waals surface area contributed by atoms with Crippen molar-refractivity contribution in [3.05, 3.63) is 0 Å². The minimum atomic E-state index is 0.279. The molecule has 1 heterocycles. The van der Waals surface area contributed by atoms with Crippen LogP contribution < -0.4 is 0 Å². The van der Waals surface area contributed by atoms with Crippen molar-refractivity contribution in [1.82, 2.24) is 19.6 Å². The molecule has 5 heteroatoms. The van der Waals surface area contributed by atoms with Gasteiger partial charge in [0.25, 0.3) is 0 Å². The Balaban J connectivity index is 0.000000396. The predicted octanol–water partition coefficient (Wildman–Crippen LogP) is 0.116. The van der Waals surface area contributed by atoms with Crippen LogP contribution in [0, 0.1) is 0 Å². The van der Waals surface area contributed by atoms with Crippen LogP contribution in [0.4, 0.5) is 0 Å². The van der Waals surface area contributed by atoms with Crippen molar-refractivity contribution in [1.29, 1.82) is 0 Å². The first-order valence-corrected chi connectivity index (χ1v) is 7.92. The number of hydrogen-bond donors (Lipinski definition) is 1. The molecule has 1 rings (SSSR count). The molecular weight excluding hydrogens is 252 g/mol. The first-order chi connectivity index (χ1) is 9.53. The average Bonchev–Trinajstić information content (AvgIpc) is 2.45. The first kappa shape index (κ1) is 19.8. The zero-order valence-corrected chi connectivity index (χ0v) is 14.3. The molecule has 0 aromatic heterocycles. The third-order valence-corrected chi connectivity index (χ3v) is 3.77. The van der Waals surface area contributed by atoms with E-state index in [0.717, 1.165) is 19.6 Å².